The Balaban J connectivity index is 2.01. The minimum Gasteiger partial charge on any atom is -0.506 e. The first-order valence-electron chi connectivity index (χ1n) is 8.64. The third-order valence-electron chi connectivity index (χ3n) is 4.61. The Morgan fingerprint density at radius 2 is 1.93 bits per heavy atom. The van der Waals surface area contributed by atoms with E-state index in [0.717, 1.165) is 12.0 Å². The third kappa shape index (κ3) is 4.04. The van der Waals surface area contributed by atoms with Crippen LogP contribution < -0.4 is 0 Å². The second-order valence-corrected chi connectivity index (χ2v) is 8.68. The standard InChI is InChI=1S/C19H19I2N3O4/c1-4-10(2)15(19(26)27-3)24-7-5-6-14(24)18-23-22-17(28-18)11-8-12(20)16(25)13(21)9-11/h5-10,15,25H,4H2,1-3H3/t10-,15-/m0/s1. The van der Waals surface area contributed by atoms with E-state index in [4.69, 9.17) is 9.15 Å². The molecule has 0 bridgehead atoms. The van der Waals surface area contributed by atoms with Crippen molar-refractivity contribution < 1.29 is 19.1 Å². The highest BCUT2D eigenvalue weighted by atomic mass is 127. The van der Waals surface area contributed by atoms with Crippen LogP contribution in [0.2, 0.25) is 0 Å². The van der Waals surface area contributed by atoms with Crippen molar-refractivity contribution in [2.45, 2.75) is 26.3 Å². The Bertz CT molecular complexity index is 976. The van der Waals surface area contributed by atoms with Crippen LogP contribution in [0.3, 0.4) is 0 Å². The molecule has 0 unspecified atom stereocenters. The fraction of sp³-hybridized carbons (Fsp3) is 0.316. The predicted molar refractivity (Wildman–Crippen MR) is 121 cm³/mol. The summed E-state index contributed by atoms with van der Waals surface area (Å²) in [6.45, 7) is 4.04. The van der Waals surface area contributed by atoms with Crippen molar-refractivity contribution in [3.05, 3.63) is 37.6 Å². The van der Waals surface area contributed by atoms with Gasteiger partial charge in [-0.1, -0.05) is 20.3 Å². The second-order valence-electron chi connectivity index (χ2n) is 6.36. The summed E-state index contributed by atoms with van der Waals surface area (Å²) in [5.74, 6) is 0.649. The van der Waals surface area contributed by atoms with Crippen molar-refractivity contribution in [3.63, 3.8) is 0 Å². The molecule has 28 heavy (non-hydrogen) atoms. The van der Waals surface area contributed by atoms with E-state index in [1.807, 2.05) is 36.7 Å². The molecule has 148 valence electrons. The molecule has 1 aromatic carbocycles. The minimum atomic E-state index is -0.481. The van der Waals surface area contributed by atoms with Gasteiger partial charge in [0.15, 0.2) is 0 Å². The average molecular weight is 607 g/mol. The van der Waals surface area contributed by atoms with Crippen LogP contribution in [-0.4, -0.2) is 33.0 Å². The van der Waals surface area contributed by atoms with Gasteiger partial charge < -0.3 is 18.8 Å². The van der Waals surface area contributed by atoms with Gasteiger partial charge in [-0.3, -0.25) is 0 Å². The van der Waals surface area contributed by atoms with Gasteiger partial charge in [-0.2, -0.15) is 0 Å². The molecule has 0 aliphatic rings. The Labute approximate surface area is 189 Å². The zero-order valence-electron chi connectivity index (χ0n) is 15.5. The second kappa shape index (κ2) is 8.80. The number of aromatic nitrogens is 3. The Morgan fingerprint density at radius 1 is 1.29 bits per heavy atom. The number of hydrogen-bond donors (Lipinski definition) is 1. The normalized spacial score (nSPS) is 13.3. The van der Waals surface area contributed by atoms with E-state index >= 15 is 0 Å². The first kappa shape index (κ1) is 21.1. The number of carbonyl (C=O) groups is 1. The lowest BCUT2D eigenvalue weighted by Gasteiger charge is -2.23. The van der Waals surface area contributed by atoms with E-state index in [9.17, 15) is 9.90 Å². The van der Waals surface area contributed by atoms with Gasteiger partial charge in [0.05, 0.1) is 14.3 Å². The summed E-state index contributed by atoms with van der Waals surface area (Å²) in [6, 6.07) is 6.76. The van der Waals surface area contributed by atoms with Crippen molar-refractivity contribution in [2.75, 3.05) is 7.11 Å². The number of aromatic hydroxyl groups is 1. The summed E-state index contributed by atoms with van der Waals surface area (Å²) < 4.78 is 14.1. The maximum atomic E-state index is 12.4. The zero-order chi connectivity index (χ0) is 20.4. The third-order valence-corrected chi connectivity index (χ3v) is 6.26. The minimum absolute atomic E-state index is 0.0706. The lowest BCUT2D eigenvalue weighted by atomic mass is 9.99. The number of phenols is 1. The quantitative estimate of drug-likeness (QED) is 0.318. The molecule has 3 aromatic rings. The number of phenolic OH excluding ortho intramolecular Hbond substituents is 1. The highest BCUT2D eigenvalue weighted by Crippen LogP contribution is 2.34. The fourth-order valence-electron chi connectivity index (χ4n) is 2.91. The van der Waals surface area contributed by atoms with Crippen molar-refractivity contribution in [2.24, 2.45) is 5.92 Å². The van der Waals surface area contributed by atoms with Crippen LogP contribution in [0.5, 0.6) is 5.75 Å². The molecule has 1 N–H and O–H groups in total. The summed E-state index contributed by atoms with van der Waals surface area (Å²) in [6.07, 6.45) is 2.64. The molecule has 0 radical (unpaired) electrons. The number of benzene rings is 1. The zero-order valence-corrected chi connectivity index (χ0v) is 19.8. The van der Waals surface area contributed by atoms with Crippen LogP contribution in [0, 0.1) is 13.1 Å². The van der Waals surface area contributed by atoms with Gasteiger partial charge in [-0.05, 0) is 75.4 Å². The molecule has 0 saturated carbocycles. The Hall–Kier alpha value is -1.63. The molecule has 0 spiro atoms. The molecule has 0 aliphatic carbocycles. The topological polar surface area (TPSA) is 90.4 Å². The van der Waals surface area contributed by atoms with Gasteiger partial charge in [0.25, 0.3) is 5.89 Å². The van der Waals surface area contributed by atoms with E-state index in [2.05, 4.69) is 55.4 Å². The van der Waals surface area contributed by atoms with Gasteiger partial charge in [0.2, 0.25) is 5.89 Å². The highest BCUT2D eigenvalue weighted by molar-refractivity contribution is 14.1. The van der Waals surface area contributed by atoms with Crippen molar-refractivity contribution in [3.8, 4) is 28.8 Å². The van der Waals surface area contributed by atoms with Gasteiger partial charge in [0.1, 0.15) is 17.5 Å². The van der Waals surface area contributed by atoms with Crippen LogP contribution >= 0.6 is 45.2 Å². The molecule has 2 atom stereocenters. The summed E-state index contributed by atoms with van der Waals surface area (Å²) >= 11 is 4.11. The summed E-state index contributed by atoms with van der Waals surface area (Å²) in [4.78, 5) is 12.4. The molecule has 7 nitrogen and oxygen atoms in total. The van der Waals surface area contributed by atoms with Gasteiger partial charge in [-0.25, -0.2) is 4.79 Å². The SMILES string of the molecule is CC[C@H](C)[C@@H](C(=O)OC)n1cccc1-c1nnc(-c2cc(I)c(O)c(I)c2)o1. The molecule has 9 heteroatoms. The lowest BCUT2D eigenvalue weighted by Crippen LogP contribution is -2.26. The van der Waals surface area contributed by atoms with Crippen molar-refractivity contribution in [1.29, 1.82) is 0 Å². The van der Waals surface area contributed by atoms with Gasteiger partial charge in [0, 0.05) is 11.8 Å². The van der Waals surface area contributed by atoms with E-state index in [1.54, 1.807) is 12.1 Å². The summed E-state index contributed by atoms with van der Waals surface area (Å²) in [5, 5.41) is 18.3. The van der Waals surface area contributed by atoms with Crippen molar-refractivity contribution >= 4 is 51.2 Å². The van der Waals surface area contributed by atoms with Crippen LogP contribution in [0.25, 0.3) is 23.0 Å². The molecule has 0 aliphatic heterocycles. The molecular weight excluding hydrogens is 588 g/mol. The monoisotopic (exact) mass is 607 g/mol. The first-order chi connectivity index (χ1) is 13.4. The maximum absolute atomic E-state index is 12.4. The van der Waals surface area contributed by atoms with E-state index in [0.29, 0.717) is 24.6 Å². The largest absolute Gasteiger partial charge is 0.506 e. The number of nitrogens with zero attached hydrogens (tertiary/aromatic N) is 3. The number of hydrogen-bond acceptors (Lipinski definition) is 6. The number of halogens is 2. The van der Waals surface area contributed by atoms with E-state index in [-0.39, 0.29) is 17.6 Å². The Morgan fingerprint density at radius 3 is 2.54 bits per heavy atom. The number of carbonyl (C=O) groups excluding carboxylic acids is 1. The van der Waals surface area contributed by atoms with Crippen LogP contribution in [0.15, 0.2) is 34.9 Å². The number of methoxy groups -OCH3 is 1. The lowest BCUT2D eigenvalue weighted by molar-refractivity contribution is -0.146. The molecule has 2 heterocycles. The van der Waals surface area contributed by atoms with Gasteiger partial charge >= 0.3 is 5.97 Å². The van der Waals surface area contributed by atoms with Crippen LogP contribution in [0.4, 0.5) is 0 Å². The number of ether oxygens (including phenoxy) is 1. The van der Waals surface area contributed by atoms with Crippen LogP contribution in [0.1, 0.15) is 26.3 Å². The highest BCUT2D eigenvalue weighted by Gasteiger charge is 2.29. The van der Waals surface area contributed by atoms with E-state index < -0.39 is 6.04 Å². The summed E-state index contributed by atoms with van der Waals surface area (Å²) in [7, 11) is 1.39. The first-order valence-corrected chi connectivity index (χ1v) is 10.8. The molecule has 2 aromatic heterocycles. The summed E-state index contributed by atoms with van der Waals surface area (Å²) in [5.41, 5.74) is 1.37. The average Bonchev–Trinajstić information content (AvgIpc) is 3.34. The molecule has 3 rings (SSSR count). The maximum Gasteiger partial charge on any atom is 0.329 e. The smallest absolute Gasteiger partial charge is 0.329 e. The molecule has 0 amide bonds. The fourth-order valence-corrected chi connectivity index (χ4v) is 4.68. The van der Waals surface area contributed by atoms with Gasteiger partial charge in [-0.15, -0.1) is 10.2 Å². The number of esters is 1. The molecular formula is C19H19I2N3O4. The number of rotatable bonds is 6. The predicted octanol–water partition coefficient (Wildman–Crippen LogP) is 4.88. The molecule has 0 saturated heterocycles. The Kier molecular flexibility index (Phi) is 6.63. The van der Waals surface area contributed by atoms with Crippen LogP contribution in [-0.2, 0) is 9.53 Å². The van der Waals surface area contributed by atoms with E-state index in [1.165, 1.54) is 7.11 Å². The molecule has 0 fully saturated rings. The van der Waals surface area contributed by atoms with Crippen molar-refractivity contribution in [1.82, 2.24) is 14.8 Å².